The van der Waals surface area contributed by atoms with Gasteiger partial charge in [0.05, 0.1) is 0 Å². The predicted molar refractivity (Wildman–Crippen MR) is 76.1 cm³/mol. The van der Waals surface area contributed by atoms with Crippen molar-refractivity contribution in [3.05, 3.63) is 0 Å². The number of nitrogens with zero attached hydrogens (tertiary/aromatic N) is 1. The van der Waals surface area contributed by atoms with Crippen molar-refractivity contribution in [2.24, 2.45) is 0 Å². The van der Waals surface area contributed by atoms with Crippen LogP contribution in [0.2, 0.25) is 0 Å². The van der Waals surface area contributed by atoms with Crippen LogP contribution in [0.3, 0.4) is 0 Å². The summed E-state index contributed by atoms with van der Waals surface area (Å²) >= 11 is 0. The molecule has 2 aliphatic rings. The van der Waals surface area contributed by atoms with E-state index in [2.05, 4.69) is 12.2 Å². The molecule has 4 nitrogen and oxygen atoms in total. The molecule has 0 aromatic rings. The third-order valence-corrected chi connectivity index (χ3v) is 4.80. The van der Waals surface area contributed by atoms with Crippen molar-refractivity contribution < 1.29 is 9.90 Å². The summed E-state index contributed by atoms with van der Waals surface area (Å²) in [4.78, 5) is 14.5. The Bertz CT molecular complexity index is 303. The Balaban J connectivity index is 1.89. The van der Waals surface area contributed by atoms with Crippen LogP contribution in [0.1, 0.15) is 64.7 Å². The normalized spacial score (nSPS) is 28.6. The smallest absolute Gasteiger partial charge is 0.318 e. The van der Waals surface area contributed by atoms with E-state index in [1.54, 1.807) is 0 Å². The lowest BCUT2D eigenvalue weighted by atomic mass is 9.93. The summed E-state index contributed by atoms with van der Waals surface area (Å²) in [6, 6.07) is 0.494. The lowest BCUT2D eigenvalue weighted by molar-refractivity contribution is 0.136. The molecule has 2 fully saturated rings. The minimum atomic E-state index is -0.0541. The molecule has 4 heteroatoms. The summed E-state index contributed by atoms with van der Waals surface area (Å²) in [5.74, 6) is 0. The highest BCUT2D eigenvalue weighted by atomic mass is 16.3. The highest BCUT2D eigenvalue weighted by molar-refractivity contribution is 5.75. The second-order valence-electron chi connectivity index (χ2n) is 6.36. The first-order valence-corrected chi connectivity index (χ1v) is 7.85. The molecule has 19 heavy (non-hydrogen) atoms. The van der Waals surface area contributed by atoms with Crippen LogP contribution in [0.25, 0.3) is 0 Å². The molecule has 0 bridgehead atoms. The van der Waals surface area contributed by atoms with Crippen molar-refractivity contribution in [2.45, 2.75) is 76.3 Å². The SMILES string of the molecule is C[C@]1(CCCO)CCCN1C(=O)NC1CCCCC1. The fourth-order valence-corrected chi connectivity index (χ4v) is 3.59. The second kappa shape index (κ2) is 6.60. The Morgan fingerprint density at radius 2 is 2.05 bits per heavy atom. The second-order valence-corrected chi connectivity index (χ2v) is 6.36. The number of amides is 2. The number of aliphatic hydroxyl groups excluding tert-OH is 1. The first kappa shape index (κ1) is 14.6. The van der Waals surface area contributed by atoms with Gasteiger partial charge in [0.1, 0.15) is 0 Å². The number of carbonyl (C=O) groups is 1. The van der Waals surface area contributed by atoms with Gasteiger partial charge in [-0.3, -0.25) is 0 Å². The topological polar surface area (TPSA) is 52.6 Å². The van der Waals surface area contributed by atoms with Gasteiger partial charge in [0.2, 0.25) is 0 Å². The lowest BCUT2D eigenvalue weighted by Crippen LogP contribution is -2.52. The highest BCUT2D eigenvalue weighted by Gasteiger charge is 2.39. The standard InChI is InChI=1S/C15H28N2O2/c1-15(10-6-12-18)9-5-11-17(15)14(19)16-13-7-3-2-4-8-13/h13,18H,2-12H2,1H3,(H,16,19)/t15-/m1/s1. The molecule has 0 aromatic heterocycles. The molecular weight excluding hydrogens is 240 g/mol. The molecule has 1 saturated heterocycles. The average Bonchev–Trinajstić information content (AvgIpc) is 2.80. The predicted octanol–water partition coefficient (Wildman–Crippen LogP) is 2.66. The van der Waals surface area contributed by atoms with Gasteiger partial charge in [-0.05, 0) is 45.4 Å². The van der Waals surface area contributed by atoms with Crippen molar-refractivity contribution in [3.63, 3.8) is 0 Å². The number of urea groups is 1. The van der Waals surface area contributed by atoms with E-state index in [0.717, 1.165) is 45.1 Å². The average molecular weight is 268 g/mol. The molecule has 0 aromatic carbocycles. The Morgan fingerprint density at radius 3 is 2.74 bits per heavy atom. The molecule has 1 aliphatic heterocycles. The van der Waals surface area contributed by atoms with Gasteiger partial charge in [-0.15, -0.1) is 0 Å². The van der Waals surface area contributed by atoms with Gasteiger partial charge in [-0.1, -0.05) is 19.3 Å². The van der Waals surface area contributed by atoms with Gasteiger partial charge in [0, 0.05) is 24.7 Å². The van der Waals surface area contributed by atoms with Crippen molar-refractivity contribution in [2.75, 3.05) is 13.2 Å². The van der Waals surface area contributed by atoms with E-state index in [4.69, 9.17) is 5.11 Å². The molecule has 1 saturated carbocycles. The van der Waals surface area contributed by atoms with Crippen LogP contribution >= 0.6 is 0 Å². The summed E-state index contributed by atoms with van der Waals surface area (Å²) in [6.45, 7) is 3.24. The molecule has 0 unspecified atom stereocenters. The van der Waals surface area contributed by atoms with Crippen LogP contribution in [0, 0.1) is 0 Å². The van der Waals surface area contributed by atoms with Crippen LogP contribution in [0.15, 0.2) is 0 Å². The van der Waals surface area contributed by atoms with E-state index in [-0.39, 0.29) is 18.2 Å². The Hall–Kier alpha value is -0.770. The fourth-order valence-electron chi connectivity index (χ4n) is 3.59. The molecule has 1 heterocycles. The molecule has 1 atom stereocenters. The van der Waals surface area contributed by atoms with Crippen molar-refractivity contribution in [3.8, 4) is 0 Å². The molecule has 2 amide bonds. The maximum Gasteiger partial charge on any atom is 0.318 e. The largest absolute Gasteiger partial charge is 0.396 e. The number of carbonyl (C=O) groups excluding carboxylic acids is 1. The zero-order valence-electron chi connectivity index (χ0n) is 12.2. The number of aliphatic hydroxyl groups is 1. The molecule has 0 radical (unpaired) electrons. The number of nitrogens with one attached hydrogen (secondary N) is 1. The van der Waals surface area contributed by atoms with Crippen LogP contribution in [-0.2, 0) is 0 Å². The van der Waals surface area contributed by atoms with Crippen LogP contribution < -0.4 is 5.32 Å². The van der Waals surface area contributed by atoms with E-state index in [1.165, 1.54) is 19.3 Å². The van der Waals surface area contributed by atoms with Gasteiger partial charge >= 0.3 is 6.03 Å². The zero-order valence-corrected chi connectivity index (χ0v) is 12.2. The van der Waals surface area contributed by atoms with E-state index < -0.39 is 0 Å². The molecular formula is C15H28N2O2. The molecule has 0 spiro atoms. The highest BCUT2D eigenvalue weighted by Crippen LogP contribution is 2.33. The van der Waals surface area contributed by atoms with Gasteiger partial charge in [0.25, 0.3) is 0 Å². The quantitative estimate of drug-likeness (QED) is 0.823. The van der Waals surface area contributed by atoms with E-state index in [1.807, 2.05) is 4.90 Å². The molecule has 2 N–H and O–H groups in total. The van der Waals surface area contributed by atoms with Crippen LogP contribution in [0.4, 0.5) is 4.79 Å². The van der Waals surface area contributed by atoms with E-state index >= 15 is 0 Å². The third-order valence-electron chi connectivity index (χ3n) is 4.80. The summed E-state index contributed by atoms with van der Waals surface area (Å²) in [6.07, 6.45) is 9.89. The number of hydrogen-bond donors (Lipinski definition) is 2. The Labute approximate surface area is 116 Å². The summed E-state index contributed by atoms with van der Waals surface area (Å²) in [5, 5.41) is 12.2. The molecule has 1 aliphatic carbocycles. The summed E-state index contributed by atoms with van der Waals surface area (Å²) < 4.78 is 0. The zero-order chi connectivity index (χ0) is 13.7. The third kappa shape index (κ3) is 3.62. The first-order valence-electron chi connectivity index (χ1n) is 7.85. The van der Waals surface area contributed by atoms with E-state index in [0.29, 0.717) is 6.04 Å². The Morgan fingerprint density at radius 1 is 1.32 bits per heavy atom. The van der Waals surface area contributed by atoms with Crippen molar-refractivity contribution >= 4 is 6.03 Å². The van der Waals surface area contributed by atoms with Crippen molar-refractivity contribution in [1.82, 2.24) is 10.2 Å². The number of hydrogen-bond acceptors (Lipinski definition) is 2. The fraction of sp³-hybridized carbons (Fsp3) is 0.933. The number of likely N-dealkylation sites (tertiary alicyclic amines) is 1. The minimum absolute atomic E-state index is 0.0541. The van der Waals surface area contributed by atoms with Crippen LogP contribution in [0.5, 0.6) is 0 Å². The maximum absolute atomic E-state index is 12.4. The van der Waals surface area contributed by atoms with Gasteiger partial charge in [0.15, 0.2) is 0 Å². The summed E-state index contributed by atoms with van der Waals surface area (Å²) in [7, 11) is 0. The van der Waals surface area contributed by atoms with E-state index in [9.17, 15) is 4.79 Å². The molecule has 110 valence electrons. The maximum atomic E-state index is 12.4. The summed E-state index contributed by atoms with van der Waals surface area (Å²) in [5.41, 5.74) is -0.0541. The first-order chi connectivity index (χ1) is 9.15. The molecule has 2 rings (SSSR count). The Kier molecular flexibility index (Phi) is 5.08. The number of rotatable bonds is 4. The monoisotopic (exact) mass is 268 g/mol. The van der Waals surface area contributed by atoms with Gasteiger partial charge in [-0.25, -0.2) is 4.79 Å². The minimum Gasteiger partial charge on any atom is -0.396 e. The lowest BCUT2D eigenvalue weighted by Gasteiger charge is -2.37. The van der Waals surface area contributed by atoms with Gasteiger partial charge < -0.3 is 15.3 Å². The van der Waals surface area contributed by atoms with Gasteiger partial charge in [-0.2, -0.15) is 0 Å². The van der Waals surface area contributed by atoms with Crippen molar-refractivity contribution in [1.29, 1.82) is 0 Å². The van der Waals surface area contributed by atoms with Crippen LogP contribution in [-0.4, -0.2) is 40.8 Å².